The summed E-state index contributed by atoms with van der Waals surface area (Å²) in [6, 6.07) is 3.60. The van der Waals surface area contributed by atoms with Crippen LogP contribution in [0.25, 0.3) is 0 Å². The molecule has 0 aliphatic carbocycles. The molecule has 19 heavy (non-hydrogen) atoms. The summed E-state index contributed by atoms with van der Waals surface area (Å²) in [6.07, 6.45) is 2.33. The van der Waals surface area contributed by atoms with Crippen LogP contribution in [0.3, 0.4) is 0 Å². The quantitative estimate of drug-likeness (QED) is 0.729. The number of methoxy groups -OCH3 is 1. The van der Waals surface area contributed by atoms with Gasteiger partial charge in [0.2, 0.25) is 0 Å². The Labute approximate surface area is 114 Å². The zero-order valence-electron chi connectivity index (χ0n) is 11.7. The number of aromatic nitrogens is 1. The van der Waals surface area contributed by atoms with Gasteiger partial charge in [-0.1, -0.05) is 13.8 Å². The summed E-state index contributed by atoms with van der Waals surface area (Å²) >= 11 is 0. The second kappa shape index (κ2) is 7.86. The van der Waals surface area contributed by atoms with E-state index in [0.29, 0.717) is 30.1 Å². The van der Waals surface area contributed by atoms with Crippen LogP contribution >= 0.6 is 0 Å². The van der Waals surface area contributed by atoms with E-state index >= 15 is 0 Å². The molecule has 0 amide bonds. The van der Waals surface area contributed by atoms with Gasteiger partial charge in [-0.15, -0.1) is 0 Å². The molecule has 0 fully saturated rings. The highest BCUT2D eigenvalue weighted by Gasteiger charge is 2.16. The average molecular weight is 266 g/mol. The van der Waals surface area contributed by atoms with Gasteiger partial charge in [0, 0.05) is 25.4 Å². The van der Waals surface area contributed by atoms with Gasteiger partial charge in [-0.3, -0.25) is 4.98 Å². The summed E-state index contributed by atoms with van der Waals surface area (Å²) in [4.78, 5) is 15.8. The van der Waals surface area contributed by atoms with Crippen molar-refractivity contribution < 1.29 is 14.6 Å². The number of hydrogen-bond donors (Lipinski definition) is 2. The van der Waals surface area contributed by atoms with Crippen LogP contribution in [0.1, 0.15) is 36.3 Å². The van der Waals surface area contributed by atoms with Gasteiger partial charge >= 0.3 is 5.97 Å². The molecule has 5 nitrogen and oxygen atoms in total. The van der Waals surface area contributed by atoms with Crippen molar-refractivity contribution in [3.05, 3.63) is 29.6 Å². The number of carbonyl (C=O) groups is 1. The summed E-state index contributed by atoms with van der Waals surface area (Å²) in [7, 11) is 1.36. The minimum absolute atomic E-state index is 0.141. The number of nitrogens with one attached hydrogen (secondary N) is 1. The Morgan fingerprint density at radius 3 is 2.84 bits per heavy atom. The molecule has 1 aromatic rings. The summed E-state index contributed by atoms with van der Waals surface area (Å²) in [5, 5.41) is 12.4. The van der Waals surface area contributed by atoms with Crippen LogP contribution in [-0.2, 0) is 11.3 Å². The molecule has 0 radical (unpaired) electrons. The van der Waals surface area contributed by atoms with Crippen molar-refractivity contribution in [1.82, 2.24) is 10.3 Å². The maximum atomic E-state index is 11.6. The maximum Gasteiger partial charge on any atom is 0.339 e. The summed E-state index contributed by atoms with van der Waals surface area (Å²) < 4.78 is 4.73. The first-order valence-corrected chi connectivity index (χ1v) is 6.46. The molecule has 0 spiro atoms. The van der Waals surface area contributed by atoms with Crippen LogP contribution in [-0.4, -0.2) is 35.8 Å². The Morgan fingerprint density at radius 1 is 1.53 bits per heavy atom. The lowest BCUT2D eigenvalue weighted by Crippen LogP contribution is -2.35. The van der Waals surface area contributed by atoms with Crippen molar-refractivity contribution in [3.63, 3.8) is 0 Å². The molecule has 0 aliphatic heterocycles. The maximum absolute atomic E-state index is 11.6. The highest BCUT2D eigenvalue weighted by atomic mass is 16.5. The van der Waals surface area contributed by atoms with Gasteiger partial charge in [0.1, 0.15) is 0 Å². The van der Waals surface area contributed by atoms with Crippen LogP contribution in [0.5, 0.6) is 0 Å². The van der Waals surface area contributed by atoms with Gasteiger partial charge in [0.15, 0.2) is 0 Å². The van der Waals surface area contributed by atoms with Crippen LogP contribution in [0.15, 0.2) is 18.3 Å². The van der Waals surface area contributed by atoms with Crippen molar-refractivity contribution >= 4 is 5.97 Å². The minimum Gasteiger partial charge on any atom is -0.465 e. The number of esters is 1. The van der Waals surface area contributed by atoms with E-state index in [1.807, 2.05) is 0 Å². The zero-order chi connectivity index (χ0) is 14.3. The topological polar surface area (TPSA) is 71.5 Å². The van der Waals surface area contributed by atoms with E-state index in [9.17, 15) is 4.79 Å². The van der Waals surface area contributed by atoms with E-state index in [0.717, 1.165) is 0 Å². The SMILES string of the molecule is COC(=O)c1cccnc1CNC(CCO)C(C)C. The highest BCUT2D eigenvalue weighted by Crippen LogP contribution is 2.10. The minimum atomic E-state index is -0.381. The lowest BCUT2D eigenvalue weighted by atomic mass is 10.0. The fourth-order valence-electron chi connectivity index (χ4n) is 1.91. The van der Waals surface area contributed by atoms with E-state index < -0.39 is 0 Å². The number of hydrogen-bond acceptors (Lipinski definition) is 5. The fourth-order valence-corrected chi connectivity index (χ4v) is 1.91. The van der Waals surface area contributed by atoms with E-state index in [1.165, 1.54) is 7.11 Å². The molecule has 1 atom stereocenters. The van der Waals surface area contributed by atoms with E-state index in [-0.39, 0.29) is 18.6 Å². The second-order valence-corrected chi connectivity index (χ2v) is 4.73. The molecule has 2 N–H and O–H groups in total. The number of nitrogens with zero attached hydrogens (tertiary/aromatic N) is 1. The lowest BCUT2D eigenvalue weighted by Gasteiger charge is -2.21. The summed E-state index contributed by atoms with van der Waals surface area (Å²) in [5.41, 5.74) is 1.14. The van der Waals surface area contributed by atoms with Crippen molar-refractivity contribution in [3.8, 4) is 0 Å². The van der Waals surface area contributed by atoms with Gasteiger partial charge in [-0.2, -0.15) is 0 Å². The van der Waals surface area contributed by atoms with Crippen molar-refractivity contribution in [2.24, 2.45) is 5.92 Å². The normalized spacial score (nSPS) is 12.5. The molecule has 106 valence electrons. The summed E-state index contributed by atoms with van der Waals surface area (Å²) in [5.74, 6) is 0.0191. The lowest BCUT2D eigenvalue weighted by molar-refractivity contribution is 0.0598. The predicted molar refractivity (Wildman–Crippen MR) is 72.7 cm³/mol. The van der Waals surface area contributed by atoms with Crippen LogP contribution in [0.2, 0.25) is 0 Å². The predicted octanol–water partition coefficient (Wildman–Crippen LogP) is 1.36. The van der Waals surface area contributed by atoms with Crippen molar-refractivity contribution in [2.75, 3.05) is 13.7 Å². The highest BCUT2D eigenvalue weighted by molar-refractivity contribution is 5.90. The first-order chi connectivity index (χ1) is 9.10. The number of aliphatic hydroxyl groups is 1. The molecule has 0 aliphatic rings. The average Bonchev–Trinajstić information content (AvgIpc) is 2.42. The molecular weight excluding hydrogens is 244 g/mol. The third kappa shape index (κ3) is 4.61. The Kier molecular flexibility index (Phi) is 6.45. The number of rotatable bonds is 7. The molecule has 1 aromatic heterocycles. The molecule has 0 aromatic carbocycles. The smallest absolute Gasteiger partial charge is 0.339 e. The van der Waals surface area contributed by atoms with Gasteiger partial charge in [-0.25, -0.2) is 4.79 Å². The standard InChI is InChI=1S/C14H22N2O3/c1-10(2)12(6-8-17)16-9-13-11(14(18)19-3)5-4-7-15-13/h4-5,7,10,12,16-17H,6,8-9H2,1-3H3. The van der Waals surface area contributed by atoms with Crippen LogP contribution in [0.4, 0.5) is 0 Å². The van der Waals surface area contributed by atoms with Crippen molar-refractivity contribution in [1.29, 1.82) is 0 Å². The van der Waals surface area contributed by atoms with Gasteiger partial charge in [0.25, 0.3) is 0 Å². The molecule has 5 heteroatoms. The number of aliphatic hydroxyl groups excluding tert-OH is 1. The van der Waals surface area contributed by atoms with Gasteiger partial charge in [0.05, 0.1) is 18.4 Å². The Bertz CT molecular complexity index is 407. The number of pyridine rings is 1. The van der Waals surface area contributed by atoms with Crippen LogP contribution in [0, 0.1) is 5.92 Å². The third-order valence-electron chi connectivity index (χ3n) is 3.07. The molecule has 0 bridgehead atoms. The molecule has 1 heterocycles. The largest absolute Gasteiger partial charge is 0.465 e. The van der Waals surface area contributed by atoms with E-state index in [4.69, 9.17) is 9.84 Å². The molecule has 0 saturated carbocycles. The third-order valence-corrected chi connectivity index (χ3v) is 3.07. The van der Waals surface area contributed by atoms with Crippen LogP contribution < -0.4 is 5.32 Å². The Hall–Kier alpha value is -1.46. The fraction of sp³-hybridized carbons (Fsp3) is 0.571. The second-order valence-electron chi connectivity index (χ2n) is 4.73. The number of carbonyl (C=O) groups excluding carboxylic acids is 1. The van der Waals surface area contributed by atoms with Gasteiger partial charge < -0.3 is 15.2 Å². The monoisotopic (exact) mass is 266 g/mol. The Balaban J connectivity index is 2.73. The first-order valence-electron chi connectivity index (χ1n) is 6.46. The van der Waals surface area contributed by atoms with Crippen molar-refractivity contribution in [2.45, 2.75) is 32.9 Å². The molecule has 1 unspecified atom stereocenters. The first kappa shape index (κ1) is 15.6. The van der Waals surface area contributed by atoms with Gasteiger partial charge in [-0.05, 0) is 24.5 Å². The Morgan fingerprint density at radius 2 is 2.26 bits per heavy atom. The van der Waals surface area contributed by atoms with E-state index in [2.05, 4.69) is 24.1 Å². The zero-order valence-corrected chi connectivity index (χ0v) is 11.7. The summed E-state index contributed by atoms with van der Waals surface area (Å²) in [6.45, 7) is 4.80. The number of ether oxygens (including phenoxy) is 1. The molecule has 0 saturated heterocycles. The van der Waals surface area contributed by atoms with E-state index in [1.54, 1.807) is 18.3 Å². The molecule has 1 rings (SSSR count). The molecular formula is C14H22N2O3.